The summed E-state index contributed by atoms with van der Waals surface area (Å²) < 4.78 is 32.7. The van der Waals surface area contributed by atoms with Gasteiger partial charge in [0.25, 0.3) is 5.91 Å². The number of anilines is 1. The van der Waals surface area contributed by atoms with E-state index in [9.17, 15) is 18.7 Å². The van der Waals surface area contributed by atoms with Crippen LogP contribution in [-0.2, 0) is 6.54 Å². The number of rotatable bonds is 7. The molecular formula is C18H21F2N5O3. The lowest BCUT2D eigenvalue weighted by molar-refractivity contribution is 0.0561. The van der Waals surface area contributed by atoms with Crippen LogP contribution in [0.3, 0.4) is 0 Å². The molecule has 28 heavy (non-hydrogen) atoms. The molecule has 8 nitrogen and oxygen atoms in total. The van der Waals surface area contributed by atoms with Crippen molar-refractivity contribution in [2.45, 2.75) is 39.0 Å². The summed E-state index contributed by atoms with van der Waals surface area (Å²) in [4.78, 5) is 12.3. The van der Waals surface area contributed by atoms with Crippen molar-refractivity contribution in [3.8, 4) is 5.75 Å². The van der Waals surface area contributed by atoms with Gasteiger partial charge in [0, 0.05) is 30.4 Å². The van der Waals surface area contributed by atoms with E-state index in [0.29, 0.717) is 34.6 Å². The van der Waals surface area contributed by atoms with Gasteiger partial charge in [0.15, 0.2) is 5.69 Å². The van der Waals surface area contributed by atoms with E-state index in [4.69, 9.17) is 4.74 Å². The minimum atomic E-state index is -2.82. The number of amides is 1. The molecular weight excluding hydrogens is 372 g/mol. The highest BCUT2D eigenvalue weighted by Gasteiger charge is 2.17. The Hall–Kier alpha value is -3.01. The third-order valence-electron chi connectivity index (χ3n) is 4.11. The highest BCUT2D eigenvalue weighted by atomic mass is 19.3. The molecule has 0 unspecified atom stereocenters. The Balaban J connectivity index is 1.84. The zero-order chi connectivity index (χ0) is 20.5. The second-order valence-corrected chi connectivity index (χ2v) is 6.98. The van der Waals surface area contributed by atoms with E-state index in [0.717, 1.165) is 11.6 Å². The number of fused-ring (bicyclic) bond motifs is 1. The summed E-state index contributed by atoms with van der Waals surface area (Å²) in [5, 5.41) is 21.2. The Labute approximate surface area is 159 Å². The summed E-state index contributed by atoms with van der Waals surface area (Å²) in [6, 6.07) is 4.56. The fourth-order valence-electron chi connectivity index (χ4n) is 2.63. The Morgan fingerprint density at radius 1 is 1.36 bits per heavy atom. The maximum atomic E-state index is 12.6. The number of carbonyl (C=O) groups is 1. The Kier molecular flexibility index (Phi) is 5.32. The van der Waals surface area contributed by atoms with Gasteiger partial charge in [-0.05, 0) is 32.4 Å². The van der Waals surface area contributed by atoms with Gasteiger partial charge in [-0.15, -0.1) is 0 Å². The van der Waals surface area contributed by atoms with Crippen LogP contribution >= 0.6 is 0 Å². The topological polar surface area (TPSA) is 94.2 Å². The maximum Gasteiger partial charge on any atom is 0.333 e. The van der Waals surface area contributed by atoms with Crippen molar-refractivity contribution in [1.29, 1.82) is 0 Å². The first kappa shape index (κ1) is 19.7. The number of ether oxygens (including phenoxy) is 1. The van der Waals surface area contributed by atoms with Crippen molar-refractivity contribution in [2.75, 3.05) is 12.4 Å². The second kappa shape index (κ2) is 7.55. The molecule has 0 bridgehead atoms. The van der Waals surface area contributed by atoms with Crippen LogP contribution in [0.2, 0.25) is 0 Å². The minimum Gasteiger partial charge on any atom is -0.494 e. The van der Waals surface area contributed by atoms with Gasteiger partial charge in [-0.3, -0.25) is 9.48 Å². The molecule has 0 aliphatic heterocycles. The number of alkyl halides is 2. The number of nitrogens with zero attached hydrogens (tertiary/aromatic N) is 4. The van der Waals surface area contributed by atoms with Gasteiger partial charge in [-0.2, -0.15) is 19.0 Å². The molecule has 2 aromatic heterocycles. The summed E-state index contributed by atoms with van der Waals surface area (Å²) in [7, 11) is 1.45. The molecule has 2 N–H and O–H groups in total. The van der Waals surface area contributed by atoms with Crippen LogP contribution in [0.15, 0.2) is 30.6 Å². The number of nitrogens with one attached hydrogen (secondary N) is 1. The molecule has 0 saturated carbocycles. The first-order valence-electron chi connectivity index (χ1n) is 8.58. The lowest BCUT2D eigenvalue weighted by Crippen LogP contribution is -2.21. The summed E-state index contributed by atoms with van der Waals surface area (Å²) >= 11 is 0. The lowest BCUT2D eigenvalue weighted by Gasteiger charge is -2.16. The largest absolute Gasteiger partial charge is 0.494 e. The Morgan fingerprint density at radius 2 is 2.11 bits per heavy atom. The van der Waals surface area contributed by atoms with E-state index in [2.05, 4.69) is 15.5 Å². The number of methoxy groups -OCH3 is 1. The van der Waals surface area contributed by atoms with Crippen LogP contribution < -0.4 is 10.1 Å². The molecule has 0 spiro atoms. The highest BCUT2D eigenvalue weighted by molar-refractivity contribution is 6.04. The number of carbonyl (C=O) groups excluding carboxylic acids is 1. The number of aliphatic hydroxyl groups is 1. The van der Waals surface area contributed by atoms with E-state index < -0.39 is 18.1 Å². The molecule has 10 heteroatoms. The Morgan fingerprint density at radius 3 is 2.71 bits per heavy atom. The standard InChI is InChI=1S/C18H21F2N5O3/c1-18(2,27)5-7-24-10-11-8-14(15(28-3)9-13(11)22-24)21-16(26)12-4-6-25(23-12)17(19)20/h4,6,8-10,17,27H,5,7H2,1-3H3,(H,21,26). The average Bonchev–Trinajstić information content (AvgIpc) is 3.25. The smallest absolute Gasteiger partial charge is 0.333 e. The quantitative estimate of drug-likeness (QED) is 0.643. The van der Waals surface area contributed by atoms with Crippen molar-refractivity contribution in [3.63, 3.8) is 0 Å². The van der Waals surface area contributed by atoms with Crippen molar-refractivity contribution in [2.24, 2.45) is 0 Å². The molecule has 3 rings (SSSR count). The molecule has 0 aliphatic carbocycles. The molecule has 1 aromatic carbocycles. The molecule has 0 radical (unpaired) electrons. The van der Waals surface area contributed by atoms with Gasteiger partial charge in [0.2, 0.25) is 0 Å². The first-order valence-corrected chi connectivity index (χ1v) is 8.58. The predicted octanol–water partition coefficient (Wildman–Crippen LogP) is 3.05. The maximum absolute atomic E-state index is 12.6. The van der Waals surface area contributed by atoms with Crippen molar-refractivity contribution >= 4 is 22.5 Å². The number of halogens is 2. The predicted molar refractivity (Wildman–Crippen MR) is 98.6 cm³/mol. The molecule has 150 valence electrons. The number of hydrogen-bond donors (Lipinski definition) is 2. The minimum absolute atomic E-state index is 0.136. The van der Waals surface area contributed by atoms with Crippen molar-refractivity contribution < 1.29 is 23.4 Å². The third kappa shape index (κ3) is 4.45. The van der Waals surface area contributed by atoms with Gasteiger partial charge in [-0.1, -0.05) is 0 Å². The van der Waals surface area contributed by atoms with Crippen LogP contribution in [0.1, 0.15) is 37.3 Å². The highest BCUT2D eigenvalue weighted by Crippen LogP contribution is 2.30. The van der Waals surface area contributed by atoms with Crippen LogP contribution in [-0.4, -0.2) is 43.3 Å². The molecule has 1 amide bonds. The van der Waals surface area contributed by atoms with Crippen LogP contribution in [0.4, 0.5) is 14.5 Å². The van der Waals surface area contributed by atoms with Gasteiger partial charge >= 0.3 is 6.55 Å². The SMILES string of the molecule is COc1cc2nn(CCC(C)(C)O)cc2cc1NC(=O)c1ccn(C(F)F)n1. The van der Waals surface area contributed by atoms with Gasteiger partial charge in [0.1, 0.15) is 5.75 Å². The summed E-state index contributed by atoms with van der Waals surface area (Å²) in [5.74, 6) is -0.256. The van der Waals surface area contributed by atoms with E-state index in [1.54, 1.807) is 36.9 Å². The van der Waals surface area contributed by atoms with E-state index in [1.165, 1.54) is 13.2 Å². The zero-order valence-electron chi connectivity index (χ0n) is 15.7. The van der Waals surface area contributed by atoms with Crippen molar-refractivity contribution in [3.05, 3.63) is 36.3 Å². The third-order valence-corrected chi connectivity index (χ3v) is 4.11. The molecule has 0 aliphatic rings. The molecule has 3 aromatic rings. The summed E-state index contributed by atoms with van der Waals surface area (Å²) in [6.07, 6.45) is 3.35. The van der Waals surface area contributed by atoms with Crippen LogP contribution in [0.5, 0.6) is 5.75 Å². The number of hydrogen-bond acceptors (Lipinski definition) is 5. The van der Waals surface area contributed by atoms with Crippen molar-refractivity contribution in [1.82, 2.24) is 19.6 Å². The fraction of sp³-hybridized carbons (Fsp3) is 0.389. The van der Waals surface area contributed by atoms with E-state index in [1.807, 2.05) is 0 Å². The van der Waals surface area contributed by atoms with Gasteiger partial charge in [0.05, 0.1) is 23.9 Å². The van der Waals surface area contributed by atoms with E-state index in [-0.39, 0.29) is 5.69 Å². The molecule has 0 fully saturated rings. The normalized spacial score (nSPS) is 12.0. The first-order chi connectivity index (χ1) is 13.2. The zero-order valence-corrected chi connectivity index (χ0v) is 15.7. The van der Waals surface area contributed by atoms with Gasteiger partial charge < -0.3 is 15.2 Å². The van der Waals surface area contributed by atoms with Crippen LogP contribution in [0, 0.1) is 0 Å². The second-order valence-electron chi connectivity index (χ2n) is 6.98. The van der Waals surface area contributed by atoms with E-state index >= 15 is 0 Å². The summed E-state index contributed by atoms with van der Waals surface area (Å²) in [6.45, 7) is 1.15. The fourth-order valence-corrected chi connectivity index (χ4v) is 2.63. The summed E-state index contributed by atoms with van der Waals surface area (Å²) in [5.41, 5.74) is 0.0841. The lowest BCUT2D eigenvalue weighted by atomic mass is 10.1. The Bertz CT molecular complexity index is 991. The number of benzene rings is 1. The number of aromatic nitrogens is 4. The average molecular weight is 393 g/mol. The van der Waals surface area contributed by atoms with Crippen LogP contribution in [0.25, 0.3) is 10.9 Å². The monoisotopic (exact) mass is 393 g/mol. The molecule has 2 heterocycles. The molecule has 0 saturated heterocycles. The molecule has 0 atom stereocenters. The number of aryl methyl sites for hydroxylation is 1. The van der Waals surface area contributed by atoms with Gasteiger partial charge in [-0.25, -0.2) is 4.68 Å².